The van der Waals surface area contributed by atoms with Crippen molar-refractivity contribution in [2.45, 2.75) is 38.5 Å². The lowest BCUT2D eigenvalue weighted by molar-refractivity contribution is -0.119. The van der Waals surface area contributed by atoms with Crippen LogP contribution in [0.15, 0.2) is 46.0 Å². The molecule has 0 radical (unpaired) electrons. The Hall–Kier alpha value is -3.69. The molecule has 0 aliphatic carbocycles. The number of alkyl halides is 2. The average Bonchev–Trinajstić information content (AvgIpc) is 2.91. The van der Waals surface area contributed by atoms with Gasteiger partial charge in [0, 0.05) is 19.1 Å². The van der Waals surface area contributed by atoms with Gasteiger partial charge < -0.3 is 14.4 Å². The number of likely N-dealkylation sites (tertiary alicyclic amines) is 1. The van der Waals surface area contributed by atoms with Gasteiger partial charge in [0.1, 0.15) is 24.8 Å². The van der Waals surface area contributed by atoms with E-state index in [-0.39, 0.29) is 23.7 Å². The molecule has 1 saturated heterocycles. The highest BCUT2D eigenvalue weighted by Gasteiger charge is 2.25. The van der Waals surface area contributed by atoms with Crippen LogP contribution in [-0.2, 0) is 11.3 Å². The molecule has 192 valence electrons. The summed E-state index contributed by atoms with van der Waals surface area (Å²) < 4.78 is 39.6. The second-order valence-corrected chi connectivity index (χ2v) is 8.95. The fraction of sp³-hybridized carbons (Fsp3) is 0.423. The molecule has 1 aromatic heterocycles. The topological polar surface area (TPSA) is 82.8 Å². The first kappa shape index (κ1) is 25.4. The first-order chi connectivity index (χ1) is 17.4. The van der Waals surface area contributed by atoms with Crippen molar-refractivity contribution in [2.24, 2.45) is 0 Å². The summed E-state index contributed by atoms with van der Waals surface area (Å²) in [7, 11) is 1.55. The van der Waals surface area contributed by atoms with Gasteiger partial charge in [0.15, 0.2) is 6.10 Å². The number of hydrogen-bond acceptors (Lipinski definition) is 5. The minimum absolute atomic E-state index is 0.0140. The Morgan fingerprint density at radius 2 is 1.81 bits per heavy atom. The summed E-state index contributed by atoms with van der Waals surface area (Å²) in [6.45, 7) is 0.872. The molecule has 0 saturated carbocycles. The third-order valence-corrected chi connectivity index (χ3v) is 6.61. The maximum absolute atomic E-state index is 13.7. The van der Waals surface area contributed by atoms with E-state index < -0.39 is 30.7 Å². The van der Waals surface area contributed by atoms with Gasteiger partial charge in [-0.2, -0.15) is 0 Å². The van der Waals surface area contributed by atoms with Gasteiger partial charge in [0.2, 0.25) is 6.41 Å². The Morgan fingerprint density at radius 1 is 1.08 bits per heavy atom. The Labute approximate surface area is 206 Å². The van der Waals surface area contributed by atoms with Gasteiger partial charge in [0.05, 0.1) is 24.6 Å². The van der Waals surface area contributed by atoms with Gasteiger partial charge in [-0.05, 0) is 55.2 Å². The third kappa shape index (κ3) is 4.98. The van der Waals surface area contributed by atoms with Crippen LogP contribution >= 0.6 is 0 Å². The number of aromatic nitrogens is 2. The number of halogens is 2. The van der Waals surface area contributed by atoms with Gasteiger partial charge in [-0.25, -0.2) is 13.6 Å². The highest BCUT2D eigenvalue weighted by Crippen LogP contribution is 2.26. The van der Waals surface area contributed by atoms with E-state index in [1.54, 1.807) is 28.7 Å². The number of carbonyl (C=O) groups excluding carboxylic acids is 1. The van der Waals surface area contributed by atoms with Crippen LogP contribution < -0.4 is 20.7 Å². The van der Waals surface area contributed by atoms with Crippen LogP contribution in [0.4, 0.5) is 8.78 Å². The maximum atomic E-state index is 13.7. The third-order valence-electron chi connectivity index (χ3n) is 6.61. The van der Waals surface area contributed by atoms with Gasteiger partial charge in [-0.15, -0.1) is 0 Å². The van der Waals surface area contributed by atoms with E-state index in [1.807, 2.05) is 19.1 Å². The zero-order valence-electron chi connectivity index (χ0n) is 20.3. The number of hydrogen-bond donors (Lipinski definition) is 0. The lowest BCUT2D eigenvalue weighted by Crippen LogP contribution is -2.44. The van der Waals surface area contributed by atoms with Crippen LogP contribution in [0, 0.1) is 6.92 Å². The second kappa shape index (κ2) is 10.9. The SMILES string of the molecule is COc1cc(Cn2c(=O)c3cc(OC(CF)CF)ccc3n(C3CCN(C=O)CC3)c2=O)ccc1C. The molecule has 0 unspecified atom stereocenters. The van der Waals surface area contributed by atoms with Crippen molar-refractivity contribution in [3.63, 3.8) is 0 Å². The molecule has 1 aliphatic rings. The molecule has 0 spiro atoms. The standard InChI is InChI=1S/C26H29F2N3O5/c1-17-3-4-18(11-24(17)35-2)15-30-25(33)22-12-20(36-21(13-27)14-28)5-6-23(22)31(26(30)34)19-7-9-29(16-32)10-8-19/h3-6,11-12,16,19,21H,7-10,13-15H2,1-2H3. The van der Waals surface area contributed by atoms with E-state index in [1.165, 1.54) is 12.1 Å². The van der Waals surface area contributed by atoms with Crippen LogP contribution in [-0.4, -0.2) is 60.1 Å². The predicted octanol–water partition coefficient (Wildman–Crippen LogP) is 3.01. The minimum atomic E-state index is -1.27. The van der Waals surface area contributed by atoms with Crippen LogP contribution in [0.1, 0.15) is 30.0 Å². The highest BCUT2D eigenvalue weighted by atomic mass is 19.1. The molecule has 0 atom stereocenters. The number of aryl methyl sites for hydroxylation is 1. The Kier molecular flexibility index (Phi) is 7.71. The largest absolute Gasteiger partial charge is 0.496 e. The molecule has 2 heterocycles. The monoisotopic (exact) mass is 501 g/mol. The number of rotatable bonds is 9. The van der Waals surface area contributed by atoms with E-state index in [4.69, 9.17) is 9.47 Å². The van der Waals surface area contributed by atoms with Crippen LogP contribution in [0.2, 0.25) is 0 Å². The molecule has 2 aromatic carbocycles. The van der Waals surface area contributed by atoms with Crippen molar-refractivity contribution in [3.05, 3.63) is 68.4 Å². The second-order valence-electron chi connectivity index (χ2n) is 8.95. The van der Waals surface area contributed by atoms with Crippen LogP contribution in [0.25, 0.3) is 10.9 Å². The first-order valence-electron chi connectivity index (χ1n) is 11.8. The van der Waals surface area contributed by atoms with E-state index in [0.717, 1.165) is 16.5 Å². The van der Waals surface area contributed by atoms with Crippen LogP contribution in [0.3, 0.4) is 0 Å². The summed E-state index contributed by atoms with van der Waals surface area (Å²) >= 11 is 0. The number of nitrogens with zero attached hydrogens (tertiary/aromatic N) is 3. The zero-order valence-corrected chi connectivity index (χ0v) is 20.3. The van der Waals surface area contributed by atoms with Gasteiger partial charge in [-0.1, -0.05) is 12.1 Å². The lowest BCUT2D eigenvalue weighted by Gasteiger charge is -2.31. The lowest BCUT2D eigenvalue weighted by atomic mass is 10.0. The number of piperidine rings is 1. The molecule has 10 heteroatoms. The molecule has 3 aromatic rings. The zero-order chi connectivity index (χ0) is 25.8. The number of fused-ring (bicyclic) bond motifs is 1. The quantitative estimate of drug-likeness (QED) is 0.421. The highest BCUT2D eigenvalue weighted by molar-refractivity contribution is 5.80. The molecule has 1 amide bonds. The summed E-state index contributed by atoms with van der Waals surface area (Å²) in [4.78, 5) is 40.1. The molecule has 0 bridgehead atoms. The number of carbonyl (C=O) groups is 1. The summed E-state index contributed by atoms with van der Waals surface area (Å²) in [6, 6.07) is 9.75. The summed E-state index contributed by atoms with van der Waals surface area (Å²) in [5.41, 5.74) is 1.05. The number of methoxy groups -OCH3 is 1. The van der Waals surface area contributed by atoms with Crippen LogP contribution in [0.5, 0.6) is 11.5 Å². The fourth-order valence-electron chi connectivity index (χ4n) is 4.62. The van der Waals surface area contributed by atoms with Gasteiger partial charge in [-0.3, -0.25) is 18.7 Å². The van der Waals surface area contributed by atoms with Gasteiger partial charge in [0.25, 0.3) is 5.56 Å². The molecule has 1 aliphatic heterocycles. The molecule has 8 nitrogen and oxygen atoms in total. The molecule has 0 N–H and O–H groups in total. The summed E-state index contributed by atoms with van der Waals surface area (Å²) in [5, 5.41) is 0.209. The van der Waals surface area contributed by atoms with Gasteiger partial charge >= 0.3 is 5.69 Å². The summed E-state index contributed by atoms with van der Waals surface area (Å²) in [6.07, 6.45) is 0.615. The van der Waals surface area contributed by atoms with Crippen molar-refractivity contribution < 1.29 is 23.0 Å². The maximum Gasteiger partial charge on any atom is 0.332 e. The molecule has 4 rings (SSSR count). The van der Waals surface area contributed by atoms with Crippen molar-refractivity contribution in [1.82, 2.24) is 14.0 Å². The van der Waals surface area contributed by atoms with E-state index >= 15 is 0 Å². The number of ether oxygens (including phenoxy) is 2. The fourth-order valence-corrected chi connectivity index (χ4v) is 4.62. The smallest absolute Gasteiger partial charge is 0.332 e. The minimum Gasteiger partial charge on any atom is -0.496 e. The van der Waals surface area contributed by atoms with E-state index in [2.05, 4.69) is 0 Å². The first-order valence-corrected chi connectivity index (χ1v) is 11.8. The van der Waals surface area contributed by atoms with Crippen molar-refractivity contribution in [3.8, 4) is 11.5 Å². The molecule has 36 heavy (non-hydrogen) atoms. The Morgan fingerprint density at radius 3 is 2.44 bits per heavy atom. The molecular formula is C26H29F2N3O5. The average molecular weight is 502 g/mol. The predicted molar refractivity (Wildman–Crippen MR) is 132 cm³/mol. The summed E-state index contributed by atoms with van der Waals surface area (Å²) in [5.74, 6) is 0.784. The molecular weight excluding hydrogens is 472 g/mol. The number of amides is 1. The molecule has 1 fully saturated rings. The Bertz CT molecular complexity index is 1360. The normalized spacial score (nSPS) is 14.4. The van der Waals surface area contributed by atoms with Crippen molar-refractivity contribution in [2.75, 3.05) is 33.5 Å². The van der Waals surface area contributed by atoms with Crippen molar-refractivity contribution >= 4 is 17.3 Å². The number of benzene rings is 2. The van der Waals surface area contributed by atoms with E-state index in [0.29, 0.717) is 42.8 Å². The van der Waals surface area contributed by atoms with Crippen molar-refractivity contribution in [1.29, 1.82) is 0 Å². The van der Waals surface area contributed by atoms with E-state index in [9.17, 15) is 23.2 Å². The Balaban J connectivity index is 1.86.